The number of carbonyl (C=O) groups is 1. The lowest BCUT2D eigenvalue weighted by Gasteiger charge is -2.25. The van der Waals surface area contributed by atoms with Gasteiger partial charge in [-0.1, -0.05) is 0 Å². The number of nitrogens with one attached hydrogen (secondary N) is 1. The van der Waals surface area contributed by atoms with Gasteiger partial charge >= 0.3 is 5.69 Å². The van der Waals surface area contributed by atoms with Crippen molar-refractivity contribution in [2.75, 3.05) is 18.0 Å². The number of nitro groups is 1. The summed E-state index contributed by atoms with van der Waals surface area (Å²) >= 11 is 0. The Morgan fingerprint density at radius 1 is 1.48 bits per heavy atom. The van der Waals surface area contributed by atoms with Crippen LogP contribution in [0.25, 0.3) is 0 Å². The Hall–Kier alpha value is -2.12. The second kappa shape index (κ2) is 6.11. The maximum Gasteiger partial charge on any atom is 0.333 e. The number of hydrogen-bond donors (Lipinski definition) is 1. The zero-order chi connectivity index (χ0) is 16.4. The average Bonchev–Trinajstić information content (AvgIpc) is 2.58. The quantitative estimate of drug-likeness (QED) is 0.654. The molecule has 8 heteroatoms. The van der Waals surface area contributed by atoms with E-state index in [1.54, 1.807) is 18.9 Å². The zero-order valence-corrected chi connectivity index (χ0v) is 13.4. The number of anilines is 1. The lowest BCUT2D eigenvalue weighted by Crippen LogP contribution is -2.46. The molecule has 1 rings (SSSR count). The largest absolute Gasteiger partial charge is 0.350 e. The second-order valence-electron chi connectivity index (χ2n) is 5.95. The summed E-state index contributed by atoms with van der Waals surface area (Å²) in [6.45, 7) is 9.61. The molecule has 0 radical (unpaired) electrons. The topological polar surface area (TPSA) is 93.3 Å². The number of carbonyl (C=O) groups excluding carboxylic acids is 1. The highest BCUT2D eigenvalue weighted by molar-refractivity contribution is 5.82. The highest BCUT2D eigenvalue weighted by Crippen LogP contribution is 2.30. The molecule has 0 atom stereocenters. The van der Waals surface area contributed by atoms with Crippen molar-refractivity contribution in [2.45, 2.75) is 40.2 Å². The van der Waals surface area contributed by atoms with E-state index >= 15 is 0 Å². The lowest BCUT2D eigenvalue weighted by atomic mass is 10.1. The SMILES string of the molecule is CCN(CC(=O)NC(C)(C)C)c1c([N+](=O)[O-])c(C)nn1C. The van der Waals surface area contributed by atoms with Gasteiger partial charge in [0.2, 0.25) is 11.7 Å². The molecule has 1 heterocycles. The van der Waals surface area contributed by atoms with Crippen molar-refractivity contribution in [2.24, 2.45) is 7.05 Å². The molecule has 0 aromatic carbocycles. The average molecular weight is 297 g/mol. The summed E-state index contributed by atoms with van der Waals surface area (Å²) in [7, 11) is 1.64. The number of aryl methyl sites for hydroxylation is 2. The van der Waals surface area contributed by atoms with Crippen LogP contribution >= 0.6 is 0 Å². The van der Waals surface area contributed by atoms with Gasteiger partial charge in [0.25, 0.3) is 0 Å². The van der Waals surface area contributed by atoms with Gasteiger partial charge in [-0.2, -0.15) is 5.10 Å². The Bertz CT molecular complexity index is 545. The van der Waals surface area contributed by atoms with Crippen LogP contribution in [0.3, 0.4) is 0 Å². The first kappa shape index (κ1) is 16.9. The number of nitrogens with zero attached hydrogens (tertiary/aromatic N) is 4. The molecule has 0 fully saturated rings. The minimum absolute atomic E-state index is 0.0492. The first-order valence-corrected chi connectivity index (χ1v) is 6.80. The van der Waals surface area contributed by atoms with Gasteiger partial charge in [-0.25, -0.2) is 4.68 Å². The molecule has 1 aromatic heterocycles. The summed E-state index contributed by atoms with van der Waals surface area (Å²) in [6, 6.07) is 0. The van der Waals surface area contributed by atoms with E-state index in [0.717, 1.165) is 0 Å². The van der Waals surface area contributed by atoms with Crippen molar-refractivity contribution in [1.82, 2.24) is 15.1 Å². The Morgan fingerprint density at radius 3 is 2.48 bits per heavy atom. The van der Waals surface area contributed by atoms with Gasteiger partial charge in [-0.05, 0) is 34.6 Å². The first-order valence-electron chi connectivity index (χ1n) is 6.80. The monoisotopic (exact) mass is 297 g/mol. The van der Waals surface area contributed by atoms with E-state index in [-0.39, 0.29) is 23.7 Å². The number of rotatable bonds is 5. The number of likely N-dealkylation sites (N-methyl/N-ethyl adjacent to an activating group) is 1. The van der Waals surface area contributed by atoms with Crippen molar-refractivity contribution < 1.29 is 9.72 Å². The van der Waals surface area contributed by atoms with Crippen LogP contribution in [0.2, 0.25) is 0 Å². The fraction of sp³-hybridized carbons (Fsp3) is 0.692. The Kier molecular flexibility index (Phi) is 4.93. The van der Waals surface area contributed by atoms with E-state index in [0.29, 0.717) is 18.1 Å². The number of amides is 1. The third kappa shape index (κ3) is 4.17. The molecule has 0 aliphatic rings. The van der Waals surface area contributed by atoms with E-state index in [9.17, 15) is 14.9 Å². The maximum atomic E-state index is 12.0. The lowest BCUT2D eigenvalue weighted by molar-refractivity contribution is -0.384. The Balaban J connectivity index is 3.06. The summed E-state index contributed by atoms with van der Waals surface area (Å²) in [5, 5.41) is 18.1. The third-order valence-corrected chi connectivity index (χ3v) is 2.87. The Labute approximate surface area is 124 Å². The van der Waals surface area contributed by atoms with Crippen LogP contribution in [0.4, 0.5) is 11.5 Å². The van der Waals surface area contributed by atoms with Crippen LogP contribution in [0.5, 0.6) is 0 Å². The fourth-order valence-electron chi connectivity index (χ4n) is 2.17. The predicted molar refractivity (Wildman–Crippen MR) is 80.4 cm³/mol. The molecule has 0 aliphatic heterocycles. The summed E-state index contributed by atoms with van der Waals surface area (Å²) in [5.41, 5.74) is -0.0553. The fourth-order valence-corrected chi connectivity index (χ4v) is 2.17. The van der Waals surface area contributed by atoms with Crippen molar-refractivity contribution >= 4 is 17.4 Å². The Morgan fingerprint density at radius 2 is 2.05 bits per heavy atom. The minimum Gasteiger partial charge on any atom is -0.350 e. The summed E-state index contributed by atoms with van der Waals surface area (Å²) in [4.78, 5) is 24.5. The van der Waals surface area contributed by atoms with Gasteiger partial charge in [0.1, 0.15) is 5.69 Å². The van der Waals surface area contributed by atoms with Crippen LogP contribution in [0.1, 0.15) is 33.4 Å². The minimum atomic E-state index is -0.456. The first-order chi connectivity index (χ1) is 9.56. The van der Waals surface area contributed by atoms with Gasteiger partial charge in [0.15, 0.2) is 0 Å². The molecule has 1 aromatic rings. The second-order valence-corrected chi connectivity index (χ2v) is 5.95. The van der Waals surface area contributed by atoms with Crippen molar-refractivity contribution in [3.8, 4) is 0 Å². The van der Waals surface area contributed by atoms with E-state index in [1.165, 1.54) is 4.68 Å². The van der Waals surface area contributed by atoms with Crippen LogP contribution in [0, 0.1) is 17.0 Å². The zero-order valence-electron chi connectivity index (χ0n) is 13.4. The van der Waals surface area contributed by atoms with Crippen molar-refractivity contribution in [3.63, 3.8) is 0 Å². The van der Waals surface area contributed by atoms with E-state index < -0.39 is 4.92 Å². The van der Waals surface area contributed by atoms with Gasteiger partial charge in [-0.15, -0.1) is 0 Å². The van der Waals surface area contributed by atoms with E-state index in [1.807, 2.05) is 27.7 Å². The molecule has 0 spiro atoms. The van der Waals surface area contributed by atoms with E-state index in [4.69, 9.17) is 0 Å². The van der Waals surface area contributed by atoms with Crippen LogP contribution in [-0.2, 0) is 11.8 Å². The van der Waals surface area contributed by atoms with Crippen molar-refractivity contribution in [3.05, 3.63) is 15.8 Å². The highest BCUT2D eigenvalue weighted by atomic mass is 16.6. The molecule has 118 valence electrons. The van der Waals surface area contributed by atoms with Crippen LogP contribution < -0.4 is 10.2 Å². The summed E-state index contributed by atoms with van der Waals surface area (Å²) in [6.07, 6.45) is 0. The van der Waals surface area contributed by atoms with Gasteiger partial charge in [0, 0.05) is 19.1 Å². The number of aromatic nitrogens is 2. The van der Waals surface area contributed by atoms with Gasteiger partial charge in [-0.3, -0.25) is 14.9 Å². The molecule has 0 bridgehead atoms. The molecule has 21 heavy (non-hydrogen) atoms. The highest BCUT2D eigenvalue weighted by Gasteiger charge is 2.29. The molecule has 1 amide bonds. The molecule has 0 saturated heterocycles. The third-order valence-electron chi connectivity index (χ3n) is 2.87. The molecule has 1 N–H and O–H groups in total. The standard InChI is InChI=1S/C13H23N5O3/c1-7-17(8-10(19)14-13(3,4)5)12-11(18(20)21)9(2)15-16(12)6/h7-8H2,1-6H3,(H,14,19). The molecular weight excluding hydrogens is 274 g/mol. The summed E-state index contributed by atoms with van der Waals surface area (Å²) in [5.74, 6) is 0.168. The number of hydrogen-bond acceptors (Lipinski definition) is 5. The van der Waals surface area contributed by atoms with Gasteiger partial charge < -0.3 is 10.2 Å². The molecule has 0 saturated carbocycles. The van der Waals surface area contributed by atoms with Crippen LogP contribution in [-0.4, -0.2) is 39.2 Å². The van der Waals surface area contributed by atoms with Crippen molar-refractivity contribution in [1.29, 1.82) is 0 Å². The van der Waals surface area contributed by atoms with Gasteiger partial charge in [0.05, 0.1) is 11.5 Å². The molecule has 0 unspecified atom stereocenters. The normalized spacial score (nSPS) is 11.3. The molecular formula is C13H23N5O3. The predicted octanol–water partition coefficient (Wildman–Crippen LogP) is 1.38. The smallest absolute Gasteiger partial charge is 0.333 e. The summed E-state index contributed by atoms with van der Waals surface area (Å²) < 4.78 is 1.45. The molecule has 0 aliphatic carbocycles. The van der Waals surface area contributed by atoms with Crippen LogP contribution in [0.15, 0.2) is 0 Å². The van der Waals surface area contributed by atoms with E-state index in [2.05, 4.69) is 10.4 Å². The maximum absolute atomic E-state index is 12.0. The molecule has 8 nitrogen and oxygen atoms in total.